The van der Waals surface area contributed by atoms with Crippen molar-refractivity contribution in [1.29, 1.82) is 0 Å². The Bertz CT molecular complexity index is 674. The molecule has 6 heteroatoms. The number of benzene rings is 1. The molecule has 2 N–H and O–H groups in total. The van der Waals surface area contributed by atoms with Gasteiger partial charge in [0.15, 0.2) is 0 Å². The van der Waals surface area contributed by atoms with Gasteiger partial charge in [-0.2, -0.15) is 0 Å². The van der Waals surface area contributed by atoms with Gasteiger partial charge in [0.05, 0.1) is 10.6 Å². The second kappa shape index (κ2) is 6.78. The predicted octanol–water partition coefficient (Wildman–Crippen LogP) is 4.38. The molecule has 0 aliphatic heterocycles. The van der Waals surface area contributed by atoms with Crippen LogP contribution >= 0.6 is 23.2 Å². The molecule has 1 aromatic heterocycles. The summed E-state index contributed by atoms with van der Waals surface area (Å²) in [5.41, 5.74) is 1.93. The van der Waals surface area contributed by atoms with Gasteiger partial charge in [-0.15, -0.1) is 0 Å². The van der Waals surface area contributed by atoms with E-state index < -0.39 is 0 Å². The predicted molar refractivity (Wildman–Crippen MR) is 87.6 cm³/mol. The Labute approximate surface area is 133 Å². The van der Waals surface area contributed by atoms with Gasteiger partial charge in [0.25, 0.3) is 5.91 Å². The Hall–Kier alpha value is -1.78. The smallest absolute Gasteiger partial charge is 0.257 e. The molecule has 0 unspecified atom stereocenters. The van der Waals surface area contributed by atoms with Gasteiger partial charge in [-0.25, -0.2) is 4.98 Å². The first-order chi connectivity index (χ1) is 10.0. The first kappa shape index (κ1) is 15.6. The molecule has 0 bridgehead atoms. The van der Waals surface area contributed by atoms with Gasteiger partial charge < -0.3 is 10.6 Å². The van der Waals surface area contributed by atoms with E-state index in [9.17, 15) is 4.79 Å². The van der Waals surface area contributed by atoms with Gasteiger partial charge in [-0.1, -0.05) is 29.3 Å². The van der Waals surface area contributed by atoms with Gasteiger partial charge in [0.1, 0.15) is 5.82 Å². The minimum Gasteiger partial charge on any atom is -0.370 e. The van der Waals surface area contributed by atoms with Gasteiger partial charge in [0, 0.05) is 23.5 Å². The third kappa shape index (κ3) is 3.86. The number of hydrogen-bond acceptors (Lipinski definition) is 3. The minimum atomic E-state index is -0.304. The number of nitrogens with zero attached hydrogens (tertiary/aromatic N) is 1. The molecule has 0 aliphatic rings. The van der Waals surface area contributed by atoms with Gasteiger partial charge >= 0.3 is 0 Å². The van der Waals surface area contributed by atoms with Crippen LogP contribution in [0.2, 0.25) is 10.0 Å². The fourth-order valence-corrected chi connectivity index (χ4v) is 2.13. The number of pyridine rings is 1. The summed E-state index contributed by atoms with van der Waals surface area (Å²) < 4.78 is 0. The average Bonchev–Trinajstić information content (AvgIpc) is 2.45. The maximum Gasteiger partial charge on any atom is 0.257 e. The second-order valence-corrected chi connectivity index (χ2v) is 5.31. The second-order valence-electron chi connectivity index (χ2n) is 4.50. The highest BCUT2D eigenvalue weighted by Crippen LogP contribution is 2.23. The zero-order valence-electron chi connectivity index (χ0n) is 11.7. The third-order valence-corrected chi connectivity index (χ3v) is 3.60. The molecular formula is C15H15Cl2N3O. The maximum atomic E-state index is 12.3. The van der Waals surface area contributed by atoms with Crippen molar-refractivity contribution in [2.45, 2.75) is 13.8 Å². The van der Waals surface area contributed by atoms with Gasteiger partial charge in [-0.05, 0) is 37.6 Å². The summed E-state index contributed by atoms with van der Waals surface area (Å²) in [7, 11) is 0. The molecule has 0 saturated carbocycles. The van der Waals surface area contributed by atoms with Crippen molar-refractivity contribution in [3.63, 3.8) is 0 Å². The highest BCUT2D eigenvalue weighted by atomic mass is 35.5. The molecule has 1 amide bonds. The highest BCUT2D eigenvalue weighted by molar-refractivity contribution is 6.34. The summed E-state index contributed by atoms with van der Waals surface area (Å²) >= 11 is 12.1. The number of nitrogens with one attached hydrogen (secondary N) is 2. The van der Waals surface area contributed by atoms with Crippen molar-refractivity contribution in [3.8, 4) is 0 Å². The topological polar surface area (TPSA) is 54.0 Å². The maximum absolute atomic E-state index is 12.3. The first-order valence-electron chi connectivity index (χ1n) is 6.48. The summed E-state index contributed by atoms with van der Waals surface area (Å²) in [6.45, 7) is 4.56. The van der Waals surface area contributed by atoms with Crippen LogP contribution in [0, 0.1) is 6.92 Å². The summed E-state index contributed by atoms with van der Waals surface area (Å²) in [6.07, 6.45) is 1.45. The van der Waals surface area contributed by atoms with Crippen LogP contribution in [0.3, 0.4) is 0 Å². The number of carbonyl (C=O) groups excluding carboxylic acids is 1. The van der Waals surface area contributed by atoms with E-state index in [0.717, 1.165) is 5.56 Å². The average molecular weight is 324 g/mol. The van der Waals surface area contributed by atoms with E-state index in [-0.39, 0.29) is 5.91 Å². The first-order valence-corrected chi connectivity index (χ1v) is 7.23. The number of anilines is 2. The van der Waals surface area contributed by atoms with Crippen molar-refractivity contribution < 1.29 is 4.79 Å². The number of hydrogen-bond donors (Lipinski definition) is 2. The fourth-order valence-electron chi connectivity index (χ4n) is 1.76. The number of halogens is 2. The molecule has 1 aromatic carbocycles. The molecule has 1 heterocycles. The molecule has 0 fully saturated rings. The number of carbonyl (C=O) groups is 1. The molecule has 0 atom stereocenters. The quantitative estimate of drug-likeness (QED) is 0.877. The molecule has 0 saturated heterocycles. The lowest BCUT2D eigenvalue weighted by atomic mass is 10.2. The van der Waals surface area contributed by atoms with E-state index in [2.05, 4.69) is 15.6 Å². The number of rotatable bonds is 4. The molecular weight excluding hydrogens is 309 g/mol. The van der Waals surface area contributed by atoms with Crippen molar-refractivity contribution in [1.82, 2.24) is 4.98 Å². The van der Waals surface area contributed by atoms with Gasteiger partial charge in [-0.3, -0.25) is 4.79 Å². The van der Waals surface area contributed by atoms with E-state index in [4.69, 9.17) is 23.2 Å². The van der Waals surface area contributed by atoms with Crippen LogP contribution in [0.5, 0.6) is 0 Å². The van der Waals surface area contributed by atoms with Crippen molar-refractivity contribution in [2.75, 3.05) is 17.2 Å². The zero-order valence-corrected chi connectivity index (χ0v) is 13.2. The van der Waals surface area contributed by atoms with Crippen LogP contribution in [0.15, 0.2) is 30.5 Å². The Balaban J connectivity index is 2.23. The van der Waals surface area contributed by atoms with Crippen molar-refractivity contribution in [3.05, 3.63) is 51.6 Å². The zero-order chi connectivity index (χ0) is 15.4. The van der Waals surface area contributed by atoms with Crippen LogP contribution in [0.4, 0.5) is 11.5 Å². The molecule has 4 nitrogen and oxygen atoms in total. The largest absolute Gasteiger partial charge is 0.370 e. The Morgan fingerprint density at radius 2 is 2.00 bits per heavy atom. The summed E-state index contributed by atoms with van der Waals surface area (Å²) in [6, 6.07) is 6.96. The van der Waals surface area contributed by atoms with E-state index in [1.807, 2.05) is 19.9 Å². The van der Waals surface area contributed by atoms with E-state index in [1.54, 1.807) is 18.2 Å². The summed E-state index contributed by atoms with van der Waals surface area (Å²) in [4.78, 5) is 16.4. The molecule has 0 radical (unpaired) electrons. The molecule has 110 valence electrons. The summed E-state index contributed by atoms with van der Waals surface area (Å²) in [5, 5.41) is 6.71. The normalized spacial score (nSPS) is 10.3. The Kier molecular flexibility index (Phi) is 5.04. The Morgan fingerprint density at radius 1 is 1.24 bits per heavy atom. The number of amides is 1. The lowest BCUT2D eigenvalue weighted by Gasteiger charge is -2.09. The fraction of sp³-hybridized carbons (Fsp3) is 0.200. The Morgan fingerprint density at radius 3 is 2.67 bits per heavy atom. The van der Waals surface area contributed by atoms with Gasteiger partial charge in [0.2, 0.25) is 0 Å². The molecule has 2 aromatic rings. The summed E-state index contributed by atoms with van der Waals surface area (Å²) in [5.74, 6) is 0.301. The standard InChI is InChI=1S/C15H15Cl2N3O/c1-3-18-14-7-11(13(17)8-19-14)15(21)20-10-5-4-9(2)12(16)6-10/h4-8H,3H2,1-2H3,(H,18,19)(H,20,21). The number of aryl methyl sites for hydroxylation is 1. The third-order valence-electron chi connectivity index (χ3n) is 2.89. The highest BCUT2D eigenvalue weighted by Gasteiger charge is 2.12. The minimum absolute atomic E-state index is 0.298. The van der Waals surface area contributed by atoms with E-state index >= 15 is 0 Å². The van der Waals surface area contributed by atoms with Crippen LogP contribution in [-0.4, -0.2) is 17.4 Å². The monoisotopic (exact) mass is 323 g/mol. The number of aromatic nitrogens is 1. The van der Waals surface area contributed by atoms with E-state index in [0.29, 0.717) is 33.7 Å². The molecule has 0 spiro atoms. The lowest BCUT2D eigenvalue weighted by Crippen LogP contribution is -2.13. The van der Waals surface area contributed by atoms with Crippen LogP contribution in [-0.2, 0) is 0 Å². The van der Waals surface area contributed by atoms with Crippen molar-refractivity contribution in [2.24, 2.45) is 0 Å². The SMILES string of the molecule is CCNc1cc(C(=O)Nc2ccc(C)c(Cl)c2)c(Cl)cn1. The van der Waals surface area contributed by atoms with Crippen LogP contribution in [0.1, 0.15) is 22.8 Å². The lowest BCUT2D eigenvalue weighted by molar-refractivity contribution is 0.102. The van der Waals surface area contributed by atoms with Crippen LogP contribution < -0.4 is 10.6 Å². The molecule has 21 heavy (non-hydrogen) atoms. The molecule has 2 rings (SSSR count). The molecule has 0 aliphatic carbocycles. The van der Waals surface area contributed by atoms with E-state index in [1.165, 1.54) is 6.20 Å². The van der Waals surface area contributed by atoms with Crippen LogP contribution in [0.25, 0.3) is 0 Å². The van der Waals surface area contributed by atoms with Crippen molar-refractivity contribution >= 4 is 40.6 Å².